The molecule has 1 heterocycles. The van der Waals surface area contributed by atoms with Gasteiger partial charge in [-0.3, -0.25) is 0 Å². The quantitative estimate of drug-likeness (QED) is 0.779. The highest BCUT2D eigenvalue weighted by atomic mass is 32.2. The van der Waals surface area contributed by atoms with Crippen molar-refractivity contribution in [3.8, 4) is 0 Å². The molecule has 1 aliphatic rings. The first kappa shape index (κ1) is 9.93. The molecule has 0 radical (unpaired) electrons. The van der Waals surface area contributed by atoms with Crippen LogP contribution in [0.5, 0.6) is 0 Å². The van der Waals surface area contributed by atoms with E-state index in [0.717, 1.165) is 18.6 Å². The number of nitrogens with two attached hydrogens (primary N) is 1. The van der Waals surface area contributed by atoms with Gasteiger partial charge in [0.05, 0.1) is 4.90 Å². The van der Waals surface area contributed by atoms with E-state index in [1.165, 1.54) is 11.8 Å². The maximum Gasteiger partial charge on any atom is 0.137 e. The second-order valence-electron chi connectivity index (χ2n) is 3.36. The van der Waals surface area contributed by atoms with Crippen molar-refractivity contribution in [1.29, 1.82) is 0 Å². The van der Waals surface area contributed by atoms with Crippen molar-refractivity contribution >= 4 is 11.8 Å². The lowest BCUT2D eigenvalue weighted by Crippen LogP contribution is -2.19. The second kappa shape index (κ2) is 3.51. The summed E-state index contributed by atoms with van der Waals surface area (Å²) in [5.41, 5.74) is 6.19. The fraction of sp³-hybridized carbons (Fsp3) is 0.400. The van der Waals surface area contributed by atoms with Gasteiger partial charge in [-0.2, -0.15) is 0 Å². The number of fused-ring (bicyclic) bond motifs is 1. The van der Waals surface area contributed by atoms with Gasteiger partial charge in [-0.15, -0.1) is 11.8 Å². The van der Waals surface area contributed by atoms with Crippen LogP contribution in [-0.4, -0.2) is 5.25 Å². The van der Waals surface area contributed by atoms with Crippen molar-refractivity contribution in [2.75, 3.05) is 0 Å². The molecule has 14 heavy (non-hydrogen) atoms. The first-order valence-corrected chi connectivity index (χ1v) is 5.43. The van der Waals surface area contributed by atoms with E-state index in [0.29, 0.717) is 10.5 Å². The van der Waals surface area contributed by atoms with Gasteiger partial charge in [-0.1, -0.05) is 6.92 Å². The summed E-state index contributed by atoms with van der Waals surface area (Å²) in [6, 6.07) is 1.93. The molecule has 0 aromatic heterocycles. The summed E-state index contributed by atoms with van der Waals surface area (Å²) in [4.78, 5) is 0.393. The number of halogens is 2. The Kier molecular flexibility index (Phi) is 2.49. The Morgan fingerprint density at radius 2 is 2.00 bits per heavy atom. The van der Waals surface area contributed by atoms with Gasteiger partial charge < -0.3 is 5.73 Å². The standard InChI is InChI=1S/C10H11F2NS/c1-2-7-9(13)8-5(11)3-4-6(12)10(8)14-7/h3-4,7,9H,2,13H2,1H3. The van der Waals surface area contributed by atoms with E-state index in [4.69, 9.17) is 5.73 Å². The topological polar surface area (TPSA) is 26.0 Å². The normalized spacial score (nSPS) is 25.1. The molecule has 2 rings (SSSR count). The molecule has 1 aromatic rings. The van der Waals surface area contributed by atoms with Crippen LogP contribution in [-0.2, 0) is 0 Å². The van der Waals surface area contributed by atoms with E-state index >= 15 is 0 Å². The van der Waals surface area contributed by atoms with Gasteiger partial charge in [0.15, 0.2) is 0 Å². The molecule has 0 spiro atoms. The van der Waals surface area contributed by atoms with E-state index in [1.807, 2.05) is 6.92 Å². The summed E-state index contributed by atoms with van der Waals surface area (Å²) in [6.45, 7) is 1.97. The lowest BCUT2D eigenvalue weighted by Gasteiger charge is -2.11. The molecule has 0 aliphatic carbocycles. The van der Waals surface area contributed by atoms with Crippen LogP contribution >= 0.6 is 11.8 Å². The minimum absolute atomic E-state index is 0.0939. The van der Waals surface area contributed by atoms with Crippen molar-refractivity contribution in [1.82, 2.24) is 0 Å². The van der Waals surface area contributed by atoms with Crippen LogP contribution in [0.25, 0.3) is 0 Å². The molecule has 0 bridgehead atoms. The second-order valence-corrected chi connectivity index (χ2v) is 4.61. The van der Waals surface area contributed by atoms with Crippen molar-refractivity contribution in [2.45, 2.75) is 29.5 Å². The van der Waals surface area contributed by atoms with Crippen LogP contribution in [0.15, 0.2) is 17.0 Å². The lowest BCUT2D eigenvalue weighted by molar-refractivity contribution is 0.542. The third-order valence-corrected chi connectivity index (χ3v) is 4.08. The number of hydrogen-bond donors (Lipinski definition) is 1. The van der Waals surface area contributed by atoms with Crippen LogP contribution < -0.4 is 5.73 Å². The van der Waals surface area contributed by atoms with Crippen molar-refractivity contribution in [2.24, 2.45) is 5.73 Å². The SMILES string of the molecule is CCC1Sc2c(F)ccc(F)c2C1N. The van der Waals surface area contributed by atoms with Gasteiger partial charge in [-0.25, -0.2) is 8.78 Å². The van der Waals surface area contributed by atoms with E-state index in [2.05, 4.69) is 0 Å². The Morgan fingerprint density at radius 1 is 1.36 bits per heavy atom. The number of benzene rings is 1. The average Bonchev–Trinajstić information content (AvgIpc) is 2.51. The number of rotatable bonds is 1. The van der Waals surface area contributed by atoms with E-state index in [-0.39, 0.29) is 17.1 Å². The zero-order chi connectivity index (χ0) is 10.3. The Balaban J connectivity index is 2.52. The molecular weight excluding hydrogens is 204 g/mol. The van der Waals surface area contributed by atoms with Crippen LogP contribution in [0.3, 0.4) is 0 Å². The summed E-state index contributed by atoms with van der Waals surface area (Å²) in [5.74, 6) is -0.754. The van der Waals surface area contributed by atoms with Crippen LogP contribution in [0.1, 0.15) is 24.9 Å². The first-order valence-electron chi connectivity index (χ1n) is 4.55. The van der Waals surface area contributed by atoms with Crippen molar-refractivity contribution in [3.63, 3.8) is 0 Å². The van der Waals surface area contributed by atoms with Gasteiger partial charge in [0.2, 0.25) is 0 Å². The molecule has 0 saturated heterocycles. The van der Waals surface area contributed by atoms with Gasteiger partial charge in [0.25, 0.3) is 0 Å². The zero-order valence-corrected chi connectivity index (χ0v) is 8.57. The zero-order valence-electron chi connectivity index (χ0n) is 7.76. The summed E-state index contributed by atoms with van der Waals surface area (Å²) >= 11 is 1.35. The van der Waals surface area contributed by atoms with Gasteiger partial charge >= 0.3 is 0 Å². The molecule has 2 unspecified atom stereocenters. The summed E-state index contributed by atoms with van der Waals surface area (Å²) in [6.07, 6.45) is 0.819. The van der Waals surface area contributed by atoms with E-state index in [9.17, 15) is 8.78 Å². The third kappa shape index (κ3) is 1.33. The number of thioether (sulfide) groups is 1. The molecule has 0 fully saturated rings. The van der Waals surface area contributed by atoms with Gasteiger partial charge in [0.1, 0.15) is 11.6 Å². The highest BCUT2D eigenvalue weighted by Crippen LogP contribution is 2.46. The van der Waals surface area contributed by atoms with Crippen molar-refractivity contribution in [3.05, 3.63) is 29.3 Å². The fourth-order valence-electron chi connectivity index (χ4n) is 1.73. The van der Waals surface area contributed by atoms with E-state index in [1.54, 1.807) is 0 Å². The average molecular weight is 215 g/mol. The largest absolute Gasteiger partial charge is 0.323 e. The molecule has 2 N–H and O–H groups in total. The molecular formula is C10H11F2NS. The Bertz CT molecular complexity index is 367. The maximum absolute atomic E-state index is 13.4. The molecule has 1 aromatic carbocycles. The smallest absolute Gasteiger partial charge is 0.137 e. The Hall–Kier alpha value is -0.610. The van der Waals surface area contributed by atoms with Crippen LogP contribution in [0.4, 0.5) is 8.78 Å². The fourth-order valence-corrected chi connectivity index (χ4v) is 3.02. The van der Waals surface area contributed by atoms with Gasteiger partial charge in [-0.05, 0) is 18.6 Å². The molecule has 4 heteroatoms. The monoisotopic (exact) mass is 215 g/mol. The molecule has 2 atom stereocenters. The molecule has 1 aliphatic heterocycles. The van der Waals surface area contributed by atoms with Crippen molar-refractivity contribution < 1.29 is 8.78 Å². The minimum Gasteiger partial charge on any atom is -0.323 e. The number of hydrogen-bond acceptors (Lipinski definition) is 2. The molecule has 1 nitrogen and oxygen atoms in total. The van der Waals surface area contributed by atoms with Crippen LogP contribution in [0, 0.1) is 11.6 Å². The Morgan fingerprint density at radius 3 is 2.57 bits per heavy atom. The summed E-state index contributed by atoms with van der Waals surface area (Å²) < 4.78 is 26.7. The molecule has 76 valence electrons. The minimum atomic E-state index is -0.391. The predicted octanol–water partition coefficient (Wildman–Crippen LogP) is 2.85. The Labute approximate surface area is 85.7 Å². The maximum atomic E-state index is 13.4. The van der Waals surface area contributed by atoms with Gasteiger partial charge in [0, 0.05) is 16.9 Å². The lowest BCUT2D eigenvalue weighted by atomic mass is 10.0. The molecule has 0 saturated carbocycles. The highest BCUT2D eigenvalue weighted by molar-refractivity contribution is 8.00. The molecule has 0 amide bonds. The van der Waals surface area contributed by atoms with Crippen LogP contribution in [0.2, 0.25) is 0 Å². The van der Waals surface area contributed by atoms with E-state index < -0.39 is 5.82 Å². The third-order valence-electron chi connectivity index (χ3n) is 2.50. The summed E-state index contributed by atoms with van der Waals surface area (Å²) in [5, 5.41) is 0.0939. The first-order chi connectivity index (χ1) is 6.65. The summed E-state index contributed by atoms with van der Waals surface area (Å²) in [7, 11) is 0. The predicted molar refractivity (Wildman–Crippen MR) is 53.2 cm³/mol. The highest BCUT2D eigenvalue weighted by Gasteiger charge is 2.33.